The number of benzene rings is 1. The Balaban J connectivity index is 1.41. The van der Waals surface area contributed by atoms with E-state index in [9.17, 15) is 13.6 Å². The SMILES string of the molecule is COc1cncc(-c2nc3c(nc2N2CCC(Oc4ccc(F)cc4F)CC2)CCN(C(C)=O)C3)c1. The first kappa shape index (κ1) is 23.9. The molecule has 188 valence electrons. The highest BCUT2D eigenvalue weighted by Gasteiger charge is 2.29. The lowest BCUT2D eigenvalue weighted by Crippen LogP contribution is -2.40. The second-order valence-corrected chi connectivity index (χ2v) is 8.97. The molecule has 2 aliphatic rings. The second kappa shape index (κ2) is 10.0. The third-order valence-corrected chi connectivity index (χ3v) is 6.59. The quantitative estimate of drug-likeness (QED) is 0.533. The summed E-state index contributed by atoms with van der Waals surface area (Å²) in [7, 11) is 1.58. The summed E-state index contributed by atoms with van der Waals surface area (Å²) in [5, 5.41) is 0. The van der Waals surface area contributed by atoms with Gasteiger partial charge in [-0.3, -0.25) is 9.78 Å². The maximum atomic E-state index is 14.1. The first-order valence-electron chi connectivity index (χ1n) is 11.9. The van der Waals surface area contributed by atoms with E-state index in [0.29, 0.717) is 56.9 Å². The number of nitrogens with zero attached hydrogens (tertiary/aromatic N) is 5. The molecule has 0 N–H and O–H groups in total. The molecule has 10 heteroatoms. The predicted octanol–water partition coefficient (Wildman–Crippen LogP) is 3.78. The minimum atomic E-state index is -0.703. The van der Waals surface area contributed by atoms with Gasteiger partial charge in [-0.05, 0) is 18.2 Å². The molecule has 2 aliphatic heterocycles. The summed E-state index contributed by atoms with van der Waals surface area (Å²) in [6.07, 6.45) is 5.07. The fourth-order valence-corrected chi connectivity index (χ4v) is 4.60. The Hall–Kier alpha value is -3.82. The molecule has 1 aromatic carbocycles. The summed E-state index contributed by atoms with van der Waals surface area (Å²) in [5.74, 6) is 0.0812. The van der Waals surface area contributed by atoms with Gasteiger partial charge >= 0.3 is 0 Å². The zero-order chi connectivity index (χ0) is 25.2. The smallest absolute Gasteiger partial charge is 0.219 e. The Morgan fingerprint density at radius 3 is 2.58 bits per heavy atom. The molecular weight excluding hydrogens is 468 g/mol. The van der Waals surface area contributed by atoms with E-state index in [-0.39, 0.29) is 17.8 Å². The van der Waals surface area contributed by atoms with E-state index in [0.717, 1.165) is 28.8 Å². The van der Waals surface area contributed by atoms with Gasteiger partial charge in [0.05, 0.1) is 31.2 Å². The van der Waals surface area contributed by atoms with Gasteiger partial charge in [-0.1, -0.05) is 0 Å². The van der Waals surface area contributed by atoms with Crippen LogP contribution in [0.15, 0.2) is 36.7 Å². The first-order chi connectivity index (χ1) is 17.4. The summed E-state index contributed by atoms with van der Waals surface area (Å²) in [5.41, 5.74) is 3.11. The van der Waals surface area contributed by atoms with Crippen molar-refractivity contribution < 1.29 is 23.0 Å². The van der Waals surface area contributed by atoms with E-state index in [1.54, 1.807) is 31.3 Å². The molecule has 3 aromatic rings. The fraction of sp³-hybridized carbons (Fsp3) is 0.385. The molecule has 0 bridgehead atoms. The average molecular weight is 496 g/mol. The van der Waals surface area contributed by atoms with Crippen molar-refractivity contribution in [1.82, 2.24) is 19.9 Å². The normalized spacial score (nSPS) is 16.0. The Morgan fingerprint density at radius 2 is 1.86 bits per heavy atom. The zero-order valence-corrected chi connectivity index (χ0v) is 20.2. The number of halogens is 2. The molecular formula is C26H27F2N5O3. The standard InChI is InChI=1S/C26H27F2N5O3/c1-16(34)33-10-7-22-23(15-33)30-25(17-11-20(35-2)14-29-13-17)26(31-22)32-8-5-19(6-9-32)36-24-4-3-18(27)12-21(24)28/h3-4,11-14,19H,5-10,15H2,1-2H3. The summed E-state index contributed by atoms with van der Waals surface area (Å²) in [6.45, 7) is 3.84. The summed E-state index contributed by atoms with van der Waals surface area (Å²) >= 11 is 0. The van der Waals surface area contributed by atoms with Crippen LogP contribution in [0, 0.1) is 11.6 Å². The van der Waals surface area contributed by atoms with E-state index in [1.165, 1.54) is 12.1 Å². The number of hydrogen-bond acceptors (Lipinski definition) is 7. The third-order valence-electron chi connectivity index (χ3n) is 6.59. The Kier molecular flexibility index (Phi) is 6.67. The second-order valence-electron chi connectivity index (χ2n) is 8.97. The van der Waals surface area contributed by atoms with Gasteiger partial charge < -0.3 is 19.3 Å². The number of anilines is 1. The number of pyridine rings is 1. The number of piperidine rings is 1. The molecule has 0 spiro atoms. The molecule has 0 atom stereocenters. The van der Waals surface area contributed by atoms with E-state index < -0.39 is 11.6 Å². The van der Waals surface area contributed by atoms with Crippen LogP contribution in [0.4, 0.5) is 14.6 Å². The monoisotopic (exact) mass is 495 g/mol. The van der Waals surface area contributed by atoms with E-state index in [4.69, 9.17) is 19.4 Å². The number of ether oxygens (including phenoxy) is 2. The van der Waals surface area contributed by atoms with Gasteiger partial charge in [-0.15, -0.1) is 0 Å². The summed E-state index contributed by atoms with van der Waals surface area (Å²) < 4.78 is 38.5. The first-order valence-corrected chi connectivity index (χ1v) is 11.9. The lowest BCUT2D eigenvalue weighted by Gasteiger charge is -2.35. The highest BCUT2D eigenvalue weighted by Crippen LogP contribution is 2.34. The van der Waals surface area contributed by atoms with Crippen LogP contribution < -0.4 is 14.4 Å². The van der Waals surface area contributed by atoms with Crippen LogP contribution in [0.1, 0.15) is 31.2 Å². The van der Waals surface area contributed by atoms with Gasteiger partial charge in [0.1, 0.15) is 23.4 Å². The third kappa shape index (κ3) is 4.93. The zero-order valence-electron chi connectivity index (χ0n) is 20.2. The number of amides is 1. The lowest BCUT2D eigenvalue weighted by molar-refractivity contribution is -0.129. The van der Waals surface area contributed by atoms with Crippen molar-refractivity contribution >= 4 is 11.7 Å². The minimum Gasteiger partial charge on any atom is -0.495 e. The number of methoxy groups -OCH3 is 1. The Morgan fingerprint density at radius 1 is 1.06 bits per heavy atom. The predicted molar refractivity (Wildman–Crippen MR) is 129 cm³/mol. The van der Waals surface area contributed by atoms with Gasteiger partial charge in [-0.25, -0.2) is 18.7 Å². The van der Waals surface area contributed by atoms with Crippen molar-refractivity contribution in [2.45, 2.75) is 38.8 Å². The van der Waals surface area contributed by atoms with Crippen molar-refractivity contribution in [2.75, 3.05) is 31.6 Å². The van der Waals surface area contributed by atoms with E-state index >= 15 is 0 Å². The van der Waals surface area contributed by atoms with Crippen LogP contribution in [-0.2, 0) is 17.8 Å². The molecule has 0 aliphatic carbocycles. The van der Waals surface area contributed by atoms with Crippen molar-refractivity contribution in [1.29, 1.82) is 0 Å². The number of rotatable bonds is 5. The molecule has 2 aromatic heterocycles. The van der Waals surface area contributed by atoms with Crippen molar-refractivity contribution in [3.8, 4) is 22.8 Å². The van der Waals surface area contributed by atoms with Gasteiger partial charge in [0, 0.05) is 63.6 Å². The summed E-state index contributed by atoms with van der Waals surface area (Å²) in [6, 6.07) is 5.21. The molecule has 1 saturated heterocycles. The topological polar surface area (TPSA) is 80.7 Å². The number of carbonyl (C=O) groups excluding carboxylic acids is 1. The van der Waals surface area contributed by atoms with Crippen molar-refractivity contribution in [3.63, 3.8) is 0 Å². The average Bonchev–Trinajstić information content (AvgIpc) is 2.89. The van der Waals surface area contributed by atoms with E-state index in [1.807, 2.05) is 6.07 Å². The molecule has 36 heavy (non-hydrogen) atoms. The maximum absolute atomic E-state index is 14.1. The number of fused-ring (bicyclic) bond motifs is 1. The lowest BCUT2D eigenvalue weighted by atomic mass is 10.0. The molecule has 8 nitrogen and oxygen atoms in total. The van der Waals surface area contributed by atoms with Crippen LogP contribution in [0.5, 0.6) is 11.5 Å². The Labute approximate surface area is 207 Å². The number of hydrogen-bond donors (Lipinski definition) is 0. The van der Waals surface area contributed by atoms with Crippen LogP contribution >= 0.6 is 0 Å². The largest absolute Gasteiger partial charge is 0.495 e. The van der Waals surface area contributed by atoms with Crippen molar-refractivity contribution in [2.24, 2.45) is 0 Å². The van der Waals surface area contributed by atoms with Crippen LogP contribution in [-0.4, -0.2) is 58.6 Å². The van der Waals surface area contributed by atoms with Crippen LogP contribution in [0.3, 0.4) is 0 Å². The molecule has 0 saturated carbocycles. The fourth-order valence-electron chi connectivity index (χ4n) is 4.60. The van der Waals surface area contributed by atoms with Gasteiger partial charge in [0.15, 0.2) is 17.4 Å². The van der Waals surface area contributed by atoms with Gasteiger partial charge in [-0.2, -0.15) is 0 Å². The molecule has 5 rings (SSSR count). The molecule has 0 unspecified atom stereocenters. The number of carbonyl (C=O) groups is 1. The van der Waals surface area contributed by atoms with Crippen LogP contribution in [0.25, 0.3) is 11.3 Å². The highest BCUT2D eigenvalue weighted by molar-refractivity contribution is 5.75. The van der Waals surface area contributed by atoms with Gasteiger partial charge in [0.25, 0.3) is 0 Å². The number of aromatic nitrogens is 3. The molecule has 1 fully saturated rings. The molecule has 1 amide bonds. The maximum Gasteiger partial charge on any atom is 0.219 e. The van der Waals surface area contributed by atoms with Crippen LogP contribution in [0.2, 0.25) is 0 Å². The van der Waals surface area contributed by atoms with Crippen molar-refractivity contribution in [3.05, 3.63) is 59.7 Å². The summed E-state index contributed by atoms with van der Waals surface area (Å²) in [4.78, 5) is 30.1. The molecule has 4 heterocycles. The Bertz CT molecular complexity index is 1280. The van der Waals surface area contributed by atoms with E-state index in [2.05, 4.69) is 9.88 Å². The van der Waals surface area contributed by atoms with Gasteiger partial charge in [0.2, 0.25) is 5.91 Å². The highest BCUT2D eigenvalue weighted by atomic mass is 19.1. The molecule has 0 radical (unpaired) electrons. The minimum absolute atomic E-state index is 0.00999.